The maximum Gasteiger partial charge on any atom is 0.313 e. The number of rotatable bonds is 6. The van der Waals surface area contributed by atoms with E-state index in [1.807, 2.05) is 54.6 Å². The van der Waals surface area contributed by atoms with Crippen LogP contribution >= 0.6 is 0 Å². The van der Waals surface area contributed by atoms with Crippen molar-refractivity contribution >= 4 is 39.7 Å². The summed E-state index contributed by atoms with van der Waals surface area (Å²) >= 11 is 0. The van der Waals surface area contributed by atoms with Crippen LogP contribution in [0.25, 0.3) is 10.9 Å². The van der Waals surface area contributed by atoms with Gasteiger partial charge in [-0.1, -0.05) is 36.4 Å². The molecule has 0 spiro atoms. The van der Waals surface area contributed by atoms with Gasteiger partial charge >= 0.3 is 5.97 Å². The van der Waals surface area contributed by atoms with Crippen LogP contribution in [0.1, 0.15) is 20.3 Å². The highest BCUT2D eigenvalue weighted by Gasteiger charge is 2.16. The van der Waals surface area contributed by atoms with E-state index in [1.54, 1.807) is 19.2 Å². The minimum Gasteiger partial charge on any atom is -0.506 e. The monoisotopic (exact) mass is 460 g/mol. The van der Waals surface area contributed by atoms with Crippen molar-refractivity contribution in [2.24, 2.45) is 0 Å². The molecular weight excluding hydrogens is 432 g/mol. The van der Waals surface area contributed by atoms with Crippen LogP contribution < -0.4 is 4.90 Å². The van der Waals surface area contributed by atoms with Gasteiger partial charge in [0.1, 0.15) is 23.5 Å². The molecule has 4 aromatic rings. The molecule has 1 heterocycles. The fourth-order valence-electron chi connectivity index (χ4n) is 3.33. The second-order valence-electron chi connectivity index (χ2n) is 7.19. The number of hydrogen-bond acceptors (Lipinski definition) is 6. The number of aromatic hydroxyl groups is 1. The summed E-state index contributed by atoms with van der Waals surface area (Å²) < 4.78 is 4.49. The van der Waals surface area contributed by atoms with Crippen molar-refractivity contribution in [2.45, 2.75) is 20.3 Å². The van der Waals surface area contributed by atoms with Crippen molar-refractivity contribution in [3.8, 4) is 5.75 Å². The topological polar surface area (TPSA) is 111 Å². The molecule has 3 aromatic carbocycles. The van der Waals surface area contributed by atoms with Crippen LogP contribution in [0.2, 0.25) is 0 Å². The summed E-state index contributed by atoms with van der Waals surface area (Å²) in [4.78, 5) is 27.1. The van der Waals surface area contributed by atoms with Gasteiger partial charge < -0.3 is 20.2 Å². The average Bonchev–Trinajstić information content (AvgIpc) is 2.82. The van der Waals surface area contributed by atoms with Gasteiger partial charge in [0.25, 0.3) is 0 Å². The van der Waals surface area contributed by atoms with Crippen molar-refractivity contribution in [1.82, 2.24) is 4.98 Å². The Balaban J connectivity index is 0.000000352. The van der Waals surface area contributed by atoms with Gasteiger partial charge in [0.15, 0.2) is 0 Å². The molecule has 34 heavy (non-hydrogen) atoms. The van der Waals surface area contributed by atoms with Crippen molar-refractivity contribution in [1.29, 1.82) is 0 Å². The highest BCUT2D eigenvalue weighted by molar-refractivity contribution is 5.99. The SMILES string of the molecule is CCOC(=O)CC(C)=O.O.Oc1ccc(N(c2ccccc2)c2ccccc2)c2cccnc12. The number of carbonyl (C=O) groups excluding carboxylic acids is 2. The fourth-order valence-corrected chi connectivity index (χ4v) is 3.33. The smallest absolute Gasteiger partial charge is 0.313 e. The number of para-hydroxylation sites is 2. The van der Waals surface area contributed by atoms with Crippen LogP contribution in [0.15, 0.2) is 91.1 Å². The number of phenolic OH excluding ortho intramolecular Hbond substituents is 1. The Morgan fingerprint density at radius 1 is 0.882 bits per heavy atom. The molecule has 0 saturated carbocycles. The number of carbonyl (C=O) groups is 2. The van der Waals surface area contributed by atoms with Gasteiger partial charge in [0.2, 0.25) is 0 Å². The molecule has 0 amide bonds. The zero-order valence-electron chi connectivity index (χ0n) is 19.1. The number of ketones is 1. The van der Waals surface area contributed by atoms with E-state index in [0.29, 0.717) is 12.1 Å². The lowest BCUT2D eigenvalue weighted by Crippen LogP contribution is -2.10. The summed E-state index contributed by atoms with van der Waals surface area (Å²) in [5, 5.41) is 11.0. The lowest BCUT2D eigenvalue weighted by atomic mass is 10.1. The van der Waals surface area contributed by atoms with Gasteiger partial charge in [0, 0.05) is 23.0 Å². The minimum atomic E-state index is -0.440. The summed E-state index contributed by atoms with van der Waals surface area (Å²) in [5.74, 6) is -0.408. The number of phenols is 1. The number of ether oxygens (including phenoxy) is 1. The number of hydrogen-bond donors (Lipinski definition) is 1. The highest BCUT2D eigenvalue weighted by Crippen LogP contribution is 2.40. The number of benzene rings is 3. The number of anilines is 3. The summed E-state index contributed by atoms with van der Waals surface area (Å²) in [6.07, 6.45) is 1.59. The number of aromatic nitrogens is 1. The molecular formula is C27H28N2O5. The van der Waals surface area contributed by atoms with E-state index < -0.39 is 5.97 Å². The molecule has 0 atom stereocenters. The normalized spacial score (nSPS) is 9.82. The first-order valence-electron chi connectivity index (χ1n) is 10.6. The second kappa shape index (κ2) is 12.7. The van der Waals surface area contributed by atoms with Gasteiger partial charge in [-0.15, -0.1) is 0 Å². The summed E-state index contributed by atoms with van der Waals surface area (Å²) in [6.45, 7) is 3.40. The summed E-state index contributed by atoms with van der Waals surface area (Å²) in [5.41, 5.74) is 3.69. The van der Waals surface area contributed by atoms with E-state index in [0.717, 1.165) is 22.4 Å². The van der Waals surface area contributed by atoms with Crippen LogP contribution in [-0.4, -0.2) is 33.9 Å². The Morgan fingerprint density at radius 2 is 1.47 bits per heavy atom. The van der Waals surface area contributed by atoms with Crippen molar-refractivity contribution in [3.63, 3.8) is 0 Å². The Bertz CT molecular complexity index is 1170. The molecule has 0 aliphatic heterocycles. The fraction of sp³-hybridized carbons (Fsp3) is 0.148. The Kier molecular flexibility index (Phi) is 9.73. The number of nitrogens with zero attached hydrogens (tertiary/aromatic N) is 2. The Hall–Kier alpha value is -4.23. The molecule has 3 N–H and O–H groups in total. The molecule has 0 fully saturated rings. The van der Waals surface area contributed by atoms with Gasteiger partial charge in [-0.25, -0.2) is 0 Å². The first-order chi connectivity index (χ1) is 16.0. The van der Waals surface area contributed by atoms with Crippen molar-refractivity contribution in [2.75, 3.05) is 11.5 Å². The zero-order chi connectivity index (χ0) is 23.6. The summed E-state index contributed by atoms with van der Waals surface area (Å²) in [7, 11) is 0. The highest BCUT2D eigenvalue weighted by atomic mass is 16.5. The zero-order valence-corrected chi connectivity index (χ0v) is 19.1. The third-order valence-electron chi connectivity index (χ3n) is 4.69. The molecule has 176 valence electrons. The number of fused-ring (bicyclic) bond motifs is 1. The first kappa shape index (κ1) is 26.0. The van der Waals surface area contributed by atoms with E-state index in [1.165, 1.54) is 6.92 Å². The minimum absolute atomic E-state index is 0. The Labute approximate surface area is 198 Å². The van der Waals surface area contributed by atoms with Gasteiger partial charge in [0.05, 0.1) is 12.3 Å². The predicted molar refractivity (Wildman–Crippen MR) is 134 cm³/mol. The third kappa shape index (κ3) is 6.63. The number of pyridine rings is 1. The molecule has 0 aliphatic carbocycles. The lowest BCUT2D eigenvalue weighted by Gasteiger charge is -2.26. The number of esters is 1. The van der Waals surface area contributed by atoms with E-state index in [9.17, 15) is 14.7 Å². The van der Waals surface area contributed by atoms with Crippen LogP contribution in [0.4, 0.5) is 17.1 Å². The van der Waals surface area contributed by atoms with Crippen molar-refractivity contribution < 1.29 is 24.9 Å². The predicted octanol–water partition coefficient (Wildman–Crippen LogP) is 5.11. The molecule has 7 heteroatoms. The molecule has 0 aliphatic rings. The maximum absolute atomic E-state index is 10.4. The average molecular weight is 461 g/mol. The van der Waals surface area contributed by atoms with Crippen LogP contribution in [0, 0.1) is 0 Å². The third-order valence-corrected chi connectivity index (χ3v) is 4.69. The number of Topliss-reactive ketones (excluding diaryl/α,β-unsaturated/α-hetero) is 1. The van der Waals surface area contributed by atoms with Gasteiger partial charge in [-0.05, 0) is 62.4 Å². The van der Waals surface area contributed by atoms with E-state index in [2.05, 4.69) is 38.9 Å². The van der Waals surface area contributed by atoms with Crippen molar-refractivity contribution in [3.05, 3.63) is 91.1 Å². The molecule has 0 saturated heterocycles. The second-order valence-corrected chi connectivity index (χ2v) is 7.19. The van der Waals surface area contributed by atoms with Crippen LogP contribution in [0.5, 0.6) is 5.75 Å². The van der Waals surface area contributed by atoms with Crippen LogP contribution in [-0.2, 0) is 14.3 Å². The molecule has 1 aromatic heterocycles. The largest absolute Gasteiger partial charge is 0.506 e. The van der Waals surface area contributed by atoms with Gasteiger partial charge in [-0.2, -0.15) is 0 Å². The molecule has 0 unspecified atom stereocenters. The quantitative estimate of drug-likeness (QED) is 0.316. The maximum atomic E-state index is 10.4. The summed E-state index contributed by atoms with van der Waals surface area (Å²) in [6, 6.07) is 27.9. The molecule has 4 rings (SSSR count). The van der Waals surface area contributed by atoms with E-state index >= 15 is 0 Å². The Morgan fingerprint density at radius 3 is 2.00 bits per heavy atom. The standard InChI is InChI=1S/C21H16N2O.C6H10O3.H2O/c24-20-14-13-19(18-12-7-15-22-21(18)20)23(16-8-3-1-4-9-16)17-10-5-2-6-11-17;1-3-9-6(8)4-5(2)7;/h1-15,24H;3-4H2,1-2H3;1H2. The lowest BCUT2D eigenvalue weighted by molar-refractivity contribution is -0.145. The van der Waals surface area contributed by atoms with E-state index in [-0.39, 0.29) is 23.4 Å². The molecule has 7 nitrogen and oxygen atoms in total. The molecule has 0 radical (unpaired) electrons. The van der Waals surface area contributed by atoms with Crippen LogP contribution in [0.3, 0.4) is 0 Å². The van der Waals surface area contributed by atoms with E-state index in [4.69, 9.17) is 0 Å². The molecule has 0 bridgehead atoms. The van der Waals surface area contributed by atoms with Gasteiger partial charge in [-0.3, -0.25) is 14.6 Å². The first-order valence-corrected chi connectivity index (χ1v) is 10.6.